The van der Waals surface area contributed by atoms with E-state index in [4.69, 9.17) is 11.1 Å². The molecule has 0 aliphatic carbocycles. The van der Waals surface area contributed by atoms with Crippen molar-refractivity contribution in [1.29, 1.82) is 0 Å². The molecule has 1 aromatic heterocycles. The maximum absolute atomic E-state index is 11.7. The van der Waals surface area contributed by atoms with Gasteiger partial charge in [-0.2, -0.15) is 5.10 Å². The monoisotopic (exact) mass is 351 g/mol. The lowest BCUT2D eigenvalue weighted by molar-refractivity contribution is -0.123. The maximum Gasteiger partial charge on any atom is 0.252 e. The highest BCUT2D eigenvalue weighted by Crippen LogP contribution is 2.23. The Balaban J connectivity index is 1.92. The van der Waals surface area contributed by atoms with Gasteiger partial charge < -0.3 is 16.2 Å². The Morgan fingerprint density at radius 2 is 2.12 bits per heavy atom. The summed E-state index contributed by atoms with van der Waals surface area (Å²) < 4.78 is 0. The number of aromatic nitrogens is 3. The van der Waals surface area contributed by atoms with Crippen molar-refractivity contribution >= 4 is 23.0 Å². The first-order valence-electron chi connectivity index (χ1n) is 7.93. The molecule has 2 aromatic carbocycles. The van der Waals surface area contributed by atoms with E-state index in [1.165, 1.54) is 13.3 Å². The molecule has 132 valence electrons. The Morgan fingerprint density at radius 1 is 1.31 bits per heavy atom. The maximum atomic E-state index is 11.7. The predicted molar refractivity (Wildman–Crippen MR) is 98.1 cm³/mol. The number of carbonyl (C=O) groups excluding carboxylic acids is 1. The van der Waals surface area contributed by atoms with Gasteiger partial charge in [-0.3, -0.25) is 15.3 Å². The average molecular weight is 351 g/mol. The molecule has 0 radical (unpaired) electrons. The summed E-state index contributed by atoms with van der Waals surface area (Å²) in [5.41, 5.74) is 9.73. The normalized spacial score (nSPS) is 11.8. The highest BCUT2D eigenvalue weighted by Gasteiger charge is 2.17. The third-order valence-corrected chi connectivity index (χ3v) is 3.85. The topological polar surface area (TPSA) is 143 Å². The van der Waals surface area contributed by atoms with E-state index in [-0.39, 0.29) is 0 Å². The molecule has 3 rings (SSSR count). The molecule has 8 nitrogen and oxygen atoms in total. The lowest BCUT2D eigenvalue weighted by Crippen LogP contribution is -2.41. The van der Waals surface area contributed by atoms with E-state index in [1.807, 2.05) is 18.2 Å². The van der Waals surface area contributed by atoms with Crippen LogP contribution in [0.15, 0.2) is 48.8 Å². The van der Waals surface area contributed by atoms with Crippen LogP contribution >= 0.6 is 0 Å². The summed E-state index contributed by atoms with van der Waals surface area (Å²) in [7, 11) is 0. The van der Waals surface area contributed by atoms with Gasteiger partial charge in [0.05, 0.1) is 5.56 Å². The summed E-state index contributed by atoms with van der Waals surface area (Å²) >= 11 is 0. The van der Waals surface area contributed by atoms with Gasteiger partial charge in [-0.15, -0.1) is 0 Å². The Hall–Kier alpha value is -3.52. The Kier molecular flexibility index (Phi) is 4.76. The van der Waals surface area contributed by atoms with Crippen LogP contribution in [0.4, 0.5) is 11.4 Å². The van der Waals surface area contributed by atoms with Crippen LogP contribution in [0.2, 0.25) is 0 Å². The van der Waals surface area contributed by atoms with Crippen LogP contribution in [0.25, 0.3) is 11.4 Å². The van der Waals surface area contributed by atoms with Gasteiger partial charge in [-0.1, -0.05) is 6.07 Å². The Bertz CT molecular complexity index is 950. The molecule has 0 fully saturated rings. The molecule has 26 heavy (non-hydrogen) atoms. The van der Waals surface area contributed by atoms with E-state index in [2.05, 4.69) is 20.5 Å². The number of benzene rings is 2. The highest BCUT2D eigenvalue weighted by atomic mass is 16.3. The summed E-state index contributed by atoms with van der Waals surface area (Å²) in [6, 6.07) is 12.4. The number of anilines is 2. The standard InChI is InChI=1S/C18H18N6O2/c1-10(25)18(26)23-13-4-2-3-11(7-13)16(20)14-8-12(5-6-15(14)19)17-21-9-22-24-17/h2-10,20,25H,19H2,1H3,(H,23,26)(H,21,22,24)/p+1. The van der Waals surface area contributed by atoms with Gasteiger partial charge in [0.15, 0.2) is 5.82 Å². The van der Waals surface area contributed by atoms with Crippen LogP contribution in [-0.2, 0) is 4.79 Å². The van der Waals surface area contributed by atoms with E-state index in [0.29, 0.717) is 34.0 Å². The molecule has 3 aromatic rings. The number of rotatable bonds is 5. The number of hydrogen-bond acceptors (Lipinski definition) is 5. The van der Waals surface area contributed by atoms with Crippen molar-refractivity contribution in [1.82, 2.24) is 15.2 Å². The van der Waals surface area contributed by atoms with E-state index in [0.717, 1.165) is 5.56 Å². The van der Waals surface area contributed by atoms with Gasteiger partial charge in [0.2, 0.25) is 5.71 Å². The van der Waals surface area contributed by atoms with Gasteiger partial charge in [0.1, 0.15) is 12.4 Å². The molecule has 7 N–H and O–H groups in total. The minimum atomic E-state index is -1.10. The van der Waals surface area contributed by atoms with Crippen molar-refractivity contribution in [3.63, 3.8) is 0 Å². The first-order valence-corrected chi connectivity index (χ1v) is 7.93. The number of aliphatic hydroxyl groups excluding tert-OH is 1. The van der Waals surface area contributed by atoms with Crippen LogP contribution in [0.3, 0.4) is 0 Å². The van der Waals surface area contributed by atoms with Crippen LogP contribution < -0.4 is 16.5 Å². The Labute approximate surface area is 149 Å². The van der Waals surface area contributed by atoms with Gasteiger partial charge in [-0.25, -0.2) is 4.98 Å². The second kappa shape index (κ2) is 7.16. The summed E-state index contributed by atoms with van der Waals surface area (Å²) in [6.45, 7) is 1.40. The lowest BCUT2D eigenvalue weighted by Gasteiger charge is -2.09. The number of aromatic amines is 1. The van der Waals surface area contributed by atoms with Crippen molar-refractivity contribution < 1.29 is 15.3 Å². The summed E-state index contributed by atoms with van der Waals surface area (Å²) in [4.78, 5) is 15.8. The summed E-state index contributed by atoms with van der Waals surface area (Å²) in [5, 5.41) is 24.9. The number of nitrogens with two attached hydrogens (primary N) is 2. The van der Waals surface area contributed by atoms with Crippen LogP contribution in [0.5, 0.6) is 0 Å². The van der Waals surface area contributed by atoms with Crippen LogP contribution in [-0.4, -0.2) is 38.0 Å². The molecule has 1 unspecified atom stereocenters. The van der Waals surface area contributed by atoms with E-state index >= 15 is 0 Å². The molecule has 1 atom stereocenters. The average Bonchev–Trinajstić information content (AvgIpc) is 3.16. The molecule has 0 spiro atoms. The number of nitrogen functional groups attached to an aromatic ring is 1. The highest BCUT2D eigenvalue weighted by molar-refractivity contribution is 6.13. The van der Waals surface area contributed by atoms with Crippen LogP contribution in [0, 0.1) is 0 Å². The quantitative estimate of drug-likeness (QED) is 0.324. The second-order valence-corrected chi connectivity index (χ2v) is 5.80. The second-order valence-electron chi connectivity index (χ2n) is 5.80. The molecule has 0 saturated heterocycles. The zero-order valence-electron chi connectivity index (χ0n) is 14.1. The summed E-state index contributed by atoms with van der Waals surface area (Å²) in [6.07, 6.45) is 0.321. The fourth-order valence-corrected chi connectivity index (χ4v) is 2.45. The first-order chi connectivity index (χ1) is 12.5. The molecule has 1 heterocycles. The third kappa shape index (κ3) is 3.60. The molecular formula is C18H19N6O2+. The molecule has 1 amide bonds. The predicted octanol–water partition coefficient (Wildman–Crippen LogP) is -0.0303. The molecule has 0 bridgehead atoms. The largest absolute Gasteiger partial charge is 0.398 e. The smallest absolute Gasteiger partial charge is 0.252 e. The fraction of sp³-hybridized carbons (Fsp3) is 0.111. The van der Waals surface area contributed by atoms with Crippen molar-refractivity contribution in [3.05, 3.63) is 59.9 Å². The zero-order valence-corrected chi connectivity index (χ0v) is 14.1. The van der Waals surface area contributed by atoms with E-state index in [1.54, 1.807) is 24.3 Å². The van der Waals surface area contributed by atoms with E-state index < -0.39 is 12.0 Å². The number of nitrogens with one attached hydrogen (secondary N) is 2. The van der Waals surface area contributed by atoms with Gasteiger partial charge in [0.25, 0.3) is 5.91 Å². The van der Waals surface area contributed by atoms with Crippen LogP contribution in [0.1, 0.15) is 18.1 Å². The fourth-order valence-electron chi connectivity index (χ4n) is 2.45. The molecular weight excluding hydrogens is 332 g/mol. The minimum Gasteiger partial charge on any atom is -0.398 e. The SMILES string of the molecule is CC(O)C(=O)Nc1cccc(C(=[NH2+])c2cc(-c3ncn[nH]3)ccc2N)c1. The Morgan fingerprint density at radius 3 is 2.81 bits per heavy atom. The number of nitrogens with zero attached hydrogens (tertiary/aromatic N) is 2. The van der Waals surface area contributed by atoms with Crippen molar-refractivity contribution in [2.24, 2.45) is 0 Å². The minimum absolute atomic E-state index is 0.456. The van der Waals surface area contributed by atoms with E-state index in [9.17, 15) is 9.90 Å². The van der Waals surface area contributed by atoms with Gasteiger partial charge in [-0.05, 0) is 43.3 Å². The number of amides is 1. The van der Waals surface area contributed by atoms with Gasteiger partial charge >= 0.3 is 0 Å². The summed E-state index contributed by atoms with van der Waals surface area (Å²) in [5.74, 6) is 0.115. The zero-order chi connectivity index (χ0) is 18.7. The number of aliphatic hydroxyl groups is 1. The molecule has 0 aliphatic rings. The number of hydrogen-bond donors (Lipinski definition) is 5. The first kappa shape index (κ1) is 17.3. The molecule has 8 heteroatoms. The third-order valence-electron chi connectivity index (χ3n) is 3.85. The van der Waals surface area contributed by atoms with Crippen molar-refractivity contribution in [2.45, 2.75) is 13.0 Å². The van der Waals surface area contributed by atoms with Crippen molar-refractivity contribution in [2.75, 3.05) is 11.1 Å². The number of carbonyl (C=O) groups is 1. The molecule has 0 aliphatic heterocycles. The van der Waals surface area contributed by atoms with Crippen molar-refractivity contribution in [3.8, 4) is 11.4 Å². The molecule has 0 saturated carbocycles. The number of H-pyrrole nitrogens is 1. The lowest BCUT2D eigenvalue weighted by atomic mass is 9.98. The van der Waals surface area contributed by atoms with Gasteiger partial charge in [0, 0.05) is 22.5 Å².